The Bertz CT molecular complexity index is 207. The van der Waals surface area contributed by atoms with E-state index in [9.17, 15) is 4.79 Å². The van der Waals surface area contributed by atoms with Crippen LogP contribution in [-0.2, 0) is 14.3 Å². The molecule has 15 heavy (non-hydrogen) atoms. The Morgan fingerprint density at radius 1 is 1.60 bits per heavy atom. The van der Waals surface area contributed by atoms with E-state index in [1.807, 2.05) is 13.8 Å². The number of carbonyl (C=O) groups excluding carboxylic acids is 1. The summed E-state index contributed by atoms with van der Waals surface area (Å²) in [5, 5.41) is 0. The first-order chi connectivity index (χ1) is 7.20. The standard InChI is InChI=1S/C10H21NO3Si/c1-4-14-10(12)9(8(2)13-3)11-6-5-7-15-11/h8-9H,4-7,15H2,1-3H3. The number of ether oxygens (including phenoxy) is 2. The number of hydrogen-bond donors (Lipinski definition) is 0. The van der Waals surface area contributed by atoms with Crippen LogP contribution in [0.2, 0.25) is 6.04 Å². The molecule has 0 bridgehead atoms. The van der Waals surface area contributed by atoms with Crippen molar-refractivity contribution in [2.75, 3.05) is 20.3 Å². The average Bonchev–Trinajstić information content (AvgIpc) is 2.71. The van der Waals surface area contributed by atoms with Gasteiger partial charge in [0.25, 0.3) is 0 Å². The monoisotopic (exact) mass is 231 g/mol. The highest BCUT2D eigenvalue weighted by Gasteiger charge is 2.33. The minimum Gasteiger partial charge on any atom is -0.465 e. The van der Waals surface area contributed by atoms with Crippen molar-refractivity contribution in [2.45, 2.75) is 38.5 Å². The summed E-state index contributed by atoms with van der Waals surface area (Å²) >= 11 is 0. The van der Waals surface area contributed by atoms with Crippen molar-refractivity contribution in [1.29, 1.82) is 0 Å². The van der Waals surface area contributed by atoms with E-state index in [1.54, 1.807) is 7.11 Å². The van der Waals surface area contributed by atoms with E-state index in [2.05, 4.69) is 4.57 Å². The average molecular weight is 231 g/mol. The van der Waals surface area contributed by atoms with Crippen molar-refractivity contribution in [3.8, 4) is 0 Å². The van der Waals surface area contributed by atoms with Gasteiger partial charge in [-0.2, -0.15) is 0 Å². The van der Waals surface area contributed by atoms with Gasteiger partial charge in [0.1, 0.15) is 6.04 Å². The highest BCUT2D eigenvalue weighted by Crippen LogP contribution is 2.16. The van der Waals surface area contributed by atoms with Crippen LogP contribution in [0.1, 0.15) is 20.3 Å². The third kappa shape index (κ3) is 3.29. The topological polar surface area (TPSA) is 38.8 Å². The van der Waals surface area contributed by atoms with E-state index in [1.165, 1.54) is 12.5 Å². The summed E-state index contributed by atoms with van der Waals surface area (Å²) in [4.78, 5) is 11.8. The van der Waals surface area contributed by atoms with Gasteiger partial charge in [0, 0.05) is 7.11 Å². The fraction of sp³-hybridized carbons (Fsp3) is 0.900. The molecular weight excluding hydrogens is 210 g/mol. The number of nitrogens with zero attached hydrogens (tertiary/aromatic N) is 1. The molecule has 1 rings (SSSR count). The van der Waals surface area contributed by atoms with Gasteiger partial charge in [-0.15, -0.1) is 0 Å². The molecule has 0 spiro atoms. The molecule has 1 aliphatic heterocycles. The lowest BCUT2D eigenvalue weighted by Gasteiger charge is -2.29. The molecule has 0 aromatic heterocycles. The quantitative estimate of drug-likeness (QED) is 0.499. The first-order valence-corrected chi connectivity index (χ1v) is 7.27. The summed E-state index contributed by atoms with van der Waals surface area (Å²) in [6, 6.07) is 1.12. The van der Waals surface area contributed by atoms with Crippen LogP contribution in [0.4, 0.5) is 0 Å². The zero-order chi connectivity index (χ0) is 11.3. The smallest absolute Gasteiger partial charge is 0.325 e. The Kier molecular flexibility index (Phi) is 5.28. The number of carbonyl (C=O) groups is 1. The van der Waals surface area contributed by atoms with E-state index in [0.717, 1.165) is 6.54 Å². The van der Waals surface area contributed by atoms with Crippen LogP contribution in [0.25, 0.3) is 0 Å². The molecule has 0 aromatic rings. The molecule has 2 unspecified atom stereocenters. The van der Waals surface area contributed by atoms with E-state index in [-0.39, 0.29) is 27.8 Å². The molecule has 0 aromatic carbocycles. The Morgan fingerprint density at radius 2 is 2.33 bits per heavy atom. The number of rotatable bonds is 5. The molecule has 0 radical (unpaired) electrons. The SMILES string of the molecule is CCOC(=O)C(C(C)OC)N1CCC[SiH2]1. The third-order valence-electron chi connectivity index (χ3n) is 2.88. The second-order valence-electron chi connectivity index (χ2n) is 3.88. The first kappa shape index (κ1) is 12.7. The molecule has 0 amide bonds. The fourth-order valence-corrected chi connectivity index (χ4v) is 4.04. The van der Waals surface area contributed by atoms with Gasteiger partial charge >= 0.3 is 5.97 Å². The molecule has 4 nitrogen and oxygen atoms in total. The molecule has 88 valence electrons. The number of esters is 1. The van der Waals surface area contributed by atoms with E-state index in [4.69, 9.17) is 9.47 Å². The van der Waals surface area contributed by atoms with Crippen molar-refractivity contribution < 1.29 is 14.3 Å². The Hall–Kier alpha value is -0.393. The van der Waals surface area contributed by atoms with Crippen LogP contribution >= 0.6 is 0 Å². The summed E-state index contributed by atoms with van der Waals surface area (Å²) in [5.41, 5.74) is 0. The zero-order valence-corrected chi connectivity index (χ0v) is 11.3. The van der Waals surface area contributed by atoms with Crippen LogP contribution in [0.5, 0.6) is 0 Å². The highest BCUT2D eigenvalue weighted by atomic mass is 28.2. The highest BCUT2D eigenvalue weighted by molar-refractivity contribution is 6.33. The summed E-state index contributed by atoms with van der Waals surface area (Å²) in [5.74, 6) is -0.124. The maximum Gasteiger partial charge on any atom is 0.325 e. The second-order valence-corrected chi connectivity index (χ2v) is 5.85. The van der Waals surface area contributed by atoms with Crippen LogP contribution in [0, 0.1) is 0 Å². The van der Waals surface area contributed by atoms with Gasteiger partial charge in [-0.1, -0.05) is 0 Å². The van der Waals surface area contributed by atoms with Crippen molar-refractivity contribution in [3.05, 3.63) is 0 Å². The molecule has 0 aliphatic carbocycles. The third-order valence-corrected chi connectivity index (χ3v) is 4.98. The normalized spacial score (nSPS) is 22.9. The lowest BCUT2D eigenvalue weighted by Crippen LogP contribution is -2.49. The minimum atomic E-state index is -0.250. The van der Waals surface area contributed by atoms with Crippen LogP contribution < -0.4 is 0 Å². The van der Waals surface area contributed by atoms with Gasteiger partial charge < -0.3 is 14.0 Å². The van der Waals surface area contributed by atoms with Gasteiger partial charge in [-0.25, -0.2) is 0 Å². The maximum absolute atomic E-state index is 11.8. The summed E-state index contributed by atoms with van der Waals surface area (Å²) in [6.45, 7) is 5.26. The molecule has 1 heterocycles. The number of methoxy groups -OCH3 is 1. The van der Waals surface area contributed by atoms with Crippen LogP contribution in [0.15, 0.2) is 0 Å². The van der Waals surface area contributed by atoms with E-state index >= 15 is 0 Å². The molecule has 0 saturated carbocycles. The largest absolute Gasteiger partial charge is 0.465 e. The maximum atomic E-state index is 11.8. The van der Waals surface area contributed by atoms with Crippen molar-refractivity contribution in [2.24, 2.45) is 0 Å². The van der Waals surface area contributed by atoms with Gasteiger partial charge in [0.2, 0.25) is 0 Å². The molecule has 5 heteroatoms. The zero-order valence-electron chi connectivity index (χ0n) is 9.86. The van der Waals surface area contributed by atoms with Gasteiger partial charge in [0.15, 0.2) is 0 Å². The predicted octanol–water partition coefficient (Wildman–Crippen LogP) is 0.161. The fourth-order valence-electron chi connectivity index (χ4n) is 2.01. The lowest BCUT2D eigenvalue weighted by atomic mass is 10.2. The second kappa shape index (κ2) is 6.25. The van der Waals surface area contributed by atoms with Crippen LogP contribution in [-0.4, -0.2) is 52.6 Å². The molecule has 2 atom stereocenters. The van der Waals surface area contributed by atoms with Crippen molar-refractivity contribution in [1.82, 2.24) is 4.57 Å². The van der Waals surface area contributed by atoms with Gasteiger partial charge in [-0.3, -0.25) is 4.79 Å². The molecule has 1 aliphatic rings. The summed E-state index contributed by atoms with van der Waals surface area (Å²) < 4.78 is 12.7. The Morgan fingerprint density at radius 3 is 2.80 bits per heavy atom. The van der Waals surface area contributed by atoms with Crippen LogP contribution in [0.3, 0.4) is 0 Å². The molecular formula is C10H21NO3Si. The summed E-state index contributed by atoms with van der Waals surface area (Å²) in [6.07, 6.45) is 1.15. The van der Waals surface area contributed by atoms with Crippen molar-refractivity contribution in [3.63, 3.8) is 0 Å². The Labute approximate surface area is 93.8 Å². The first-order valence-electron chi connectivity index (χ1n) is 5.64. The molecule has 0 N–H and O–H groups in total. The Balaban J connectivity index is 2.63. The van der Waals surface area contributed by atoms with Gasteiger partial charge in [0.05, 0.1) is 22.4 Å². The predicted molar refractivity (Wildman–Crippen MR) is 61.6 cm³/mol. The lowest BCUT2D eigenvalue weighted by molar-refractivity contribution is -0.152. The molecule has 1 saturated heterocycles. The molecule has 1 fully saturated rings. The summed E-state index contributed by atoms with van der Waals surface area (Å²) in [7, 11) is 1.40. The number of hydrogen-bond acceptors (Lipinski definition) is 4. The van der Waals surface area contributed by atoms with E-state index < -0.39 is 0 Å². The van der Waals surface area contributed by atoms with Gasteiger partial charge in [-0.05, 0) is 32.9 Å². The van der Waals surface area contributed by atoms with Crippen molar-refractivity contribution >= 4 is 15.7 Å². The minimum absolute atomic E-state index is 0.0744. The van der Waals surface area contributed by atoms with E-state index in [0.29, 0.717) is 6.61 Å².